The highest BCUT2D eigenvalue weighted by molar-refractivity contribution is 7.92. The maximum Gasteiger partial charge on any atom is 0.263 e. The van der Waals surface area contributed by atoms with Crippen LogP contribution in [0.5, 0.6) is 0 Å². The Hall–Kier alpha value is -1.64. The number of aromatic nitrogens is 1. The molecule has 0 spiro atoms. The number of nitrogens with one attached hydrogen (secondary N) is 1. The minimum absolute atomic E-state index is 0.215. The van der Waals surface area contributed by atoms with E-state index in [2.05, 4.69) is 10.3 Å². The Labute approximate surface area is 150 Å². The zero-order valence-corrected chi connectivity index (χ0v) is 16.1. The van der Waals surface area contributed by atoms with Crippen LogP contribution < -0.4 is 9.62 Å². The van der Waals surface area contributed by atoms with E-state index in [0.29, 0.717) is 15.6 Å². The van der Waals surface area contributed by atoms with Gasteiger partial charge in [-0.1, -0.05) is 35.1 Å². The predicted octanol–water partition coefficient (Wildman–Crippen LogP) is 2.99. The van der Waals surface area contributed by atoms with Gasteiger partial charge in [-0.05, 0) is 31.5 Å². The summed E-state index contributed by atoms with van der Waals surface area (Å²) in [5.74, 6) is -0.291. The van der Waals surface area contributed by atoms with Gasteiger partial charge in [-0.2, -0.15) is 0 Å². The molecule has 2 rings (SSSR count). The second-order valence-corrected chi connectivity index (χ2v) is 8.82. The average molecular weight is 388 g/mol. The Kier molecular flexibility index (Phi) is 5.52. The van der Waals surface area contributed by atoms with Crippen LogP contribution in [0.15, 0.2) is 24.3 Å². The van der Waals surface area contributed by atoms with Crippen molar-refractivity contribution in [2.75, 3.05) is 17.6 Å². The molecule has 24 heavy (non-hydrogen) atoms. The topological polar surface area (TPSA) is 79.4 Å². The van der Waals surface area contributed by atoms with E-state index < -0.39 is 10.0 Å². The Morgan fingerprint density at radius 3 is 2.46 bits per heavy atom. The summed E-state index contributed by atoms with van der Waals surface area (Å²) in [7, 11) is -2.01. The monoisotopic (exact) mass is 387 g/mol. The second-order valence-electron chi connectivity index (χ2n) is 5.39. The lowest BCUT2D eigenvalue weighted by molar-refractivity contribution is 0.0943. The van der Waals surface area contributed by atoms with Crippen LogP contribution in [0, 0.1) is 6.92 Å². The lowest BCUT2D eigenvalue weighted by Gasteiger charge is -2.14. The van der Waals surface area contributed by atoms with Crippen molar-refractivity contribution in [2.24, 2.45) is 0 Å². The van der Waals surface area contributed by atoms with Crippen molar-refractivity contribution in [2.45, 2.75) is 19.9 Å². The van der Waals surface area contributed by atoms with Crippen molar-refractivity contribution < 1.29 is 13.2 Å². The molecule has 130 valence electrons. The van der Waals surface area contributed by atoms with E-state index >= 15 is 0 Å². The zero-order chi connectivity index (χ0) is 18.1. The summed E-state index contributed by atoms with van der Waals surface area (Å²) in [5.41, 5.74) is 1.41. The smallest absolute Gasteiger partial charge is 0.263 e. The normalized spacial score (nSPS) is 12.7. The average Bonchev–Trinajstić information content (AvgIpc) is 2.88. The summed E-state index contributed by atoms with van der Waals surface area (Å²) in [6.45, 7) is 3.54. The van der Waals surface area contributed by atoms with Crippen molar-refractivity contribution in [1.29, 1.82) is 0 Å². The Morgan fingerprint density at radius 1 is 1.33 bits per heavy atom. The maximum atomic E-state index is 12.5. The number of sulfonamides is 1. The first-order valence-corrected chi connectivity index (χ1v) is 10.1. The number of benzene rings is 1. The molecule has 0 aliphatic rings. The number of carbonyl (C=O) groups excluding carboxylic acids is 1. The van der Waals surface area contributed by atoms with Gasteiger partial charge in [0, 0.05) is 12.1 Å². The van der Waals surface area contributed by atoms with Crippen molar-refractivity contribution >= 4 is 44.0 Å². The maximum absolute atomic E-state index is 12.5. The quantitative estimate of drug-likeness (QED) is 0.855. The van der Waals surface area contributed by atoms with E-state index in [1.54, 1.807) is 19.1 Å². The number of thiazole rings is 1. The van der Waals surface area contributed by atoms with Crippen LogP contribution in [0.4, 0.5) is 5.13 Å². The molecule has 9 heteroatoms. The fraction of sp³-hybridized carbons (Fsp3) is 0.333. The van der Waals surface area contributed by atoms with Crippen LogP contribution >= 0.6 is 22.9 Å². The number of halogens is 1. The molecule has 1 N–H and O–H groups in total. The van der Waals surface area contributed by atoms with Crippen LogP contribution in [-0.2, 0) is 10.0 Å². The van der Waals surface area contributed by atoms with Crippen LogP contribution in [0.3, 0.4) is 0 Å². The van der Waals surface area contributed by atoms with Gasteiger partial charge in [-0.25, -0.2) is 17.7 Å². The van der Waals surface area contributed by atoms with Gasteiger partial charge < -0.3 is 5.32 Å². The Morgan fingerprint density at radius 2 is 1.92 bits per heavy atom. The zero-order valence-electron chi connectivity index (χ0n) is 13.7. The minimum Gasteiger partial charge on any atom is -0.345 e. The van der Waals surface area contributed by atoms with Crippen molar-refractivity contribution in [3.05, 3.63) is 45.4 Å². The minimum atomic E-state index is -3.42. The van der Waals surface area contributed by atoms with Gasteiger partial charge in [0.25, 0.3) is 5.91 Å². The third-order valence-corrected chi connectivity index (χ3v) is 6.24. The number of anilines is 1. The van der Waals surface area contributed by atoms with Gasteiger partial charge in [0.15, 0.2) is 5.13 Å². The van der Waals surface area contributed by atoms with E-state index in [-0.39, 0.29) is 17.1 Å². The third kappa shape index (κ3) is 4.25. The molecule has 0 radical (unpaired) electrons. The summed E-state index contributed by atoms with van der Waals surface area (Å²) in [5, 5.41) is 3.78. The van der Waals surface area contributed by atoms with Gasteiger partial charge >= 0.3 is 0 Å². The predicted molar refractivity (Wildman–Crippen MR) is 97.4 cm³/mol. The molecule has 2 aromatic rings. The van der Waals surface area contributed by atoms with Crippen LogP contribution in [0.2, 0.25) is 5.02 Å². The number of hydrogen-bond donors (Lipinski definition) is 1. The van der Waals surface area contributed by atoms with E-state index in [9.17, 15) is 13.2 Å². The highest BCUT2D eigenvalue weighted by Gasteiger charge is 2.22. The second kappa shape index (κ2) is 7.08. The summed E-state index contributed by atoms with van der Waals surface area (Å²) in [6.07, 6.45) is 1.09. The molecule has 1 heterocycles. The molecule has 0 bridgehead atoms. The summed E-state index contributed by atoms with van der Waals surface area (Å²) < 4.78 is 24.2. The Balaban J connectivity index is 2.18. The lowest BCUT2D eigenvalue weighted by atomic mass is 10.1. The van der Waals surface area contributed by atoms with E-state index in [1.807, 2.05) is 19.1 Å². The number of hydrogen-bond acceptors (Lipinski definition) is 5. The fourth-order valence-electron chi connectivity index (χ4n) is 1.97. The van der Waals surface area contributed by atoms with Gasteiger partial charge in [-0.3, -0.25) is 4.79 Å². The van der Waals surface area contributed by atoms with E-state index in [4.69, 9.17) is 11.6 Å². The highest BCUT2D eigenvalue weighted by atomic mass is 35.5. The SMILES string of the molecule is Cc1nc(N(C)S(C)(=O)=O)sc1C(=O)N[C@@H](C)c1ccc(Cl)cc1. The molecule has 0 saturated heterocycles. The fourth-order valence-corrected chi connectivity index (χ4v) is 3.77. The molecule has 1 amide bonds. The summed E-state index contributed by atoms with van der Waals surface area (Å²) >= 11 is 6.90. The summed E-state index contributed by atoms with van der Waals surface area (Å²) in [6, 6.07) is 6.99. The van der Waals surface area contributed by atoms with Crippen LogP contribution in [-0.4, -0.2) is 32.6 Å². The molecule has 1 aromatic heterocycles. The number of amides is 1. The molecular weight excluding hydrogens is 370 g/mol. The Bertz CT molecular complexity index is 847. The van der Waals surface area contributed by atoms with E-state index in [0.717, 1.165) is 27.5 Å². The molecule has 0 unspecified atom stereocenters. The van der Waals surface area contributed by atoms with Crippen LogP contribution in [0.1, 0.15) is 33.9 Å². The van der Waals surface area contributed by atoms with Crippen LogP contribution in [0.25, 0.3) is 0 Å². The van der Waals surface area contributed by atoms with Gasteiger partial charge in [0.2, 0.25) is 10.0 Å². The lowest BCUT2D eigenvalue weighted by Crippen LogP contribution is -2.26. The number of aryl methyl sites for hydroxylation is 1. The molecule has 6 nitrogen and oxygen atoms in total. The van der Waals surface area contributed by atoms with Gasteiger partial charge in [0.05, 0.1) is 18.0 Å². The molecular formula is C15H18ClN3O3S2. The highest BCUT2D eigenvalue weighted by Crippen LogP contribution is 2.27. The molecule has 0 aliphatic carbocycles. The summed E-state index contributed by atoms with van der Waals surface area (Å²) in [4.78, 5) is 17.0. The molecule has 0 aliphatic heterocycles. The molecule has 0 fully saturated rings. The van der Waals surface area contributed by atoms with Gasteiger partial charge in [-0.15, -0.1) is 0 Å². The molecule has 1 atom stereocenters. The number of carbonyl (C=O) groups is 1. The first-order chi connectivity index (χ1) is 11.1. The van der Waals surface area contributed by atoms with Crippen molar-refractivity contribution in [3.8, 4) is 0 Å². The standard InChI is InChI=1S/C15H18ClN3O3S2/c1-9(11-5-7-12(16)8-6-11)17-14(20)13-10(2)18-15(23-13)19(3)24(4,21)22/h5-9H,1-4H3,(H,17,20)/t9-/m0/s1. The third-order valence-electron chi connectivity index (χ3n) is 3.48. The first kappa shape index (κ1) is 18.7. The van der Waals surface area contributed by atoms with Gasteiger partial charge in [0.1, 0.15) is 4.88 Å². The van der Waals surface area contributed by atoms with Crippen molar-refractivity contribution in [3.63, 3.8) is 0 Å². The van der Waals surface area contributed by atoms with Crippen molar-refractivity contribution in [1.82, 2.24) is 10.3 Å². The first-order valence-electron chi connectivity index (χ1n) is 7.07. The molecule has 1 aromatic carbocycles. The number of nitrogens with zero attached hydrogens (tertiary/aromatic N) is 2. The van der Waals surface area contributed by atoms with E-state index in [1.165, 1.54) is 7.05 Å². The molecule has 0 saturated carbocycles. The number of rotatable bonds is 5. The largest absolute Gasteiger partial charge is 0.345 e.